The van der Waals surface area contributed by atoms with Crippen molar-refractivity contribution in [2.45, 2.75) is 42.7 Å². The van der Waals surface area contributed by atoms with Gasteiger partial charge in [-0.25, -0.2) is 4.98 Å². The summed E-state index contributed by atoms with van der Waals surface area (Å²) in [4.78, 5) is 18.2. The summed E-state index contributed by atoms with van der Waals surface area (Å²) in [5.74, 6) is 0.970. The van der Waals surface area contributed by atoms with E-state index < -0.39 is 0 Å². The summed E-state index contributed by atoms with van der Waals surface area (Å²) in [6, 6.07) is 12.4. The lowest BCUT2D eigenvalue weighted by Gasteiger charge is -2.31. The standard InChI is InChI=1S/C21H22ClN3OS/c1-27-17-8-9-19(22)18(13-17)21(26)24-15-4-6-16(7-5-15)25-12-2-3-14-10-11-23-20(14)25/h2-3,8-13,15-16H,4-7H2,1H3,(H,24,26). The molecule has 2 heterocycles. The Hall–Kier alpha value is -1.98. The van der Waals surface area contributed by atoms with Crippen molar-refractivity contribution >= 4 is 29.3 Å². The minimum Gasteiger partial charge on any atom is -0.349 e. The lowest BCUT2D eigenvalue weighted by Crippen LogP contribution is -2.38. The Morgan fingerprint density at radius 2 is 2.04 bits per heavy atom. The molecule has 3 aliphatic rings. The van der Waals surface area contributed by atoms with E-state index in [0.717, 1.165) is 36.4 Å². The lowest BCUT2D eigenvalue weighted by molar-refractivity contribution is 0.0922. The molecular weight excluding hydrogens is 378 g/mol. The van der Waals surface area contributed by atoms with Gasteiger partial charge in [0.1, 0.15) is 5.82 Å². The zero-order chi connectivity index (χ0) is 18.8. The number of hydrogen-bond acceptors (Lipinski definition) is 3. The van der Waals surface area contributed by atoms with Gasteiger partial charge < -0.3 is 9.88 Å². The Bertz CT molecular complexity index is 917. The molecule has 140 valence electrons. The van der Waals surface area contributed by atoms with Gasteiger partial charge in [-0.3, -0.25) is 4.79 Å². The molecule has 1 aromatic carbocycles. The Kier molecular flexibility index (Phi) is 5.41. The largest absolute Gasteiger partial charge is 0.349 e. The zero-order valence-electron chi connectivity index (χ0n) is 15.2. The van der Waals surface area contributed by atoms with E-state index in [-0.39, 0.29) is 11.9 Å². The van der Waals surface area contributed by atoms with E-state index in [2.05, 4.69) is 33.2 Å². The maximum Gasteiger partial charge on any atom is 0.253 e. The van der Waals surface area contributed by atoms with Crippen LogP contribution >= 0.6 is 23.4 Å². The van der Waals surface area contributed by atoms with Gasteiger partial charge >= 0.3 is 0 Å². The van der Waals surface area contributed by atoms with Crippen molar-refractivity contribution in [2.75, 3.05) is 6.26 Å². The van der Waals surface area contributed by atoms with Crippen LogP contribution in [0.3, 0.4) is 0 Å². The van der Waals surface area contributed by atoms with Crippen LogP contribution in [0.5, 0.6) is 0 Å². The maximum absolute atomic E-state index is 12.7. The van der Waals surface area contributed by atoms with Crippen molar-refractivity contribution in [2.24, 2.45) is 0 Å². The van der Waals surface area contributed by atoms with Crippen molar-refractivity contribution in [3.05, 3.63) is 59.4 Å². The zero-order valence-corrected chi connectivity index (χ0v) is 16.8. The second kappa shape index (κ2) is 7.95. The van der Waals surface area contributed by atoms with E-state index in [1.165, 1.54) is 5.56 Å². The van der Waals surface area contributed by atoms with Gasteiger partial charge in [0.05, 0.1) is 10.6 Å². The highest BCUT2D eigenvalue weighted by atomic mass is 35.5. The molecule has 0 unspecified atom stereocenters. The Balaban J connectivity index is 1.40. The first kappa shape index (κ1) is 18.4. The molecule has 1 saturated carbocycles. The molecule has 1 fully saturated rings. The molecule has 1 N–H and O–H groups in total. The normalized spacial score (nSPS) is 19.9. The minimum atomic E-state index is -0.0770. The van der Waals surface area contributed by atoms with Crippen LogP contribution in [0.2, 0.25) is 5.02 Å². The highest BCUT2D eigenvalue weighted by Crippen LogP contribution is 2.33. The van der Waals surface area contributed by atoms with Crippen LogP contribution in [0, 0.1) is 0 Å². The lowest BCUT2D eigenvalue weighted by atomic mass is 9.90. The van der Waals surface area contributed by atoms with Crippen molar-refractivity contribution < 1.29 is 4.79 Å². The smallest absolute Gasteiger partial charge is 0.253 e. The number of thioether (sulfide) groups is 1. The summed E-state index contributed by atoms with van der Waals surface area (Å²) in [5, 5.41) is 3.68. The Morgan fingerprint density at radius 3 is 2.81 bits per heavy atom. The van der Waals surface area contributed by atoms with Crippen molar-refractivity contribution in [1.29, 1.82) is 0 Å². The highest BCUT2D eigenvalue weighted by molar-refractivity contribution is 7.98. The number of aromatic nitrogens is 2. The molecule has 0 radical (unpaired) electrons. The number of nitrogens with zero attached hydrogens (tertiary/aromatic N) is 2. The Morgan fingerprint density at radius 1 is 1.22 bits per heavy atom. The predicted octanol–water partition coefficient (Wildman–Crippen LogP) is 5.28. The molecule has 0 aromatic heterocycles. The van der Waals surface area contributed by atoms with Crippen LogP contribution in [-0.2, 0) is 0 Å². The SMILES string of the molecule is CSc1ccc(Cl)c(C(=O)NC2CCC(n3cccc4ccnc3-4)CC2)c1. The quantitative estimate of drug-likeness (QED) is 0.607. The van der Waals surface area contributed by atoms with E-state index in [0.29, 0.717) is 16.6 Å². The van der Waals surface area contributed by atoms with E-state index in [1.54, 1.807) is 17.8 Å². The summed E-state index contributed by atoms with van der Waals surface area (Å²) in [6.45, 7) is 0. The van der Waals surface area contributed by atoms with E-state index in [4.69, 9.17) is 11.6 Å². The van der Waals surface area contributed by atoms with Crippen molar-refractivity contribution in [3.8, 4) is 11.4 Å². The predicted molar refractivity (Wildman–Crippen MR) is 111 cm³/mol. The first-order valence-corrected chi connectivity index (χ1v) is 10.8. The number of carbonyl (C=O) groups is 1. The molecule has 0 saturated heterocycles. The molecule has 27 heavy (non-hydrogen) atoms. The van der Waals surface area contributed by atoms with Gasteiger partial charge in [0.25, 0.3) is 5.91 Å². The number of amides is 1. The fraction of sp³-hybridized carbons (Fsp3) is 0.333. The molecule has 1 aliphatic carbocycles. The molecule has 0 atom stereocenters. The number of nitrogens with one attached hydrogen (secondary N) is 1. The number of halogens is 1. The average molecular weight is 400 g/mol. The van der Waals surface area contributed by atoms with Crippen molar-refractivity contribution in [1.82, 2.24) is 14.9 Å². The minimum absolute atomic E-state index is 0.0770. The summed E-state index contributed by atoms with van der Waals surface area (Å²) in [7, 11) is 0. The fourth-order valence-corrected chi connectivity index (χ4v) is 4.50. The van der Waals surface area contributed by atoms with Gasteiger partial charge in [0.2, 0.25) is 0 Å². The first-order valence-electron chi connectivity index (χ1n) is 9.21. The van der Waals surface area contributed by atoms with Gasteiger partial charge in [0.15, 0.2) is 0 Å². The van der Waals surface area contributed by atoms with Gasteiger partial charge in [-0.2, -0.15) is 0 Å². The van der Waals surface area contributed by atoms with Crippen LogP contribution in [0.15, 0.2) is 53.7 Å². The second-order valence-electron chi connectivity index (χ2n) is 6.96. The number of fused-ring (bicyclic) bond motifs is 1. The monoisotopic (exact) mass is 399 g/mol. The van der Waals surface area contributed by atoms with Gasteiger partial charge in [-0.05, 0) is 68.3 Å². The average Bonchev–Trinajstić information content (AvgIpc) is 3.18. The topological polar surface area (TPSA) is 46.9 Å². The highest BCUT2D eigenvalue weighted by Gasteiger charge is 2.26. The third-order valence-corrected chi connectivity index (χ3v) is 6.37. The number of hydrogen-bond donors (Lipinski definition) is 1. The third kappa shape index (κ3) is 3.85. The van der Waals surface area contributed by atoms with Crippen molar-refractivity contribution in [3.63, 3.8) is 0 Å². The molecule has 4 rings (SSSR count). The van der Waals surface area contributed by atoms with Crippen LogP contribution in [0.25, 0.3) is 11.4 Å². The Labute approximate surface area is 168 Å². The molecular formula is C21H22ClN3OS. The van der Waals surface area contributed by atoms with E-state index in [1.807, 2.05) is 30.7 Å². The van der Waals surface area contributed by atoms with E-state index in [9.17, 15) is 4.79 Å². The van der Waals surface area contributed by atoms with Crippen LogP contribution in [-0.4, -0.2) is 27.8 Å². The van der Waals surface area contributed by atoms with Gasteiger partial charge in [-0.1, -0.05) is 11.6 Å². The number of pyridine rings is 1. The second-order valence-corrected chi connectivity index (χ2v) is 8.25. The first-order chi connectivity index (χ1) is 13.2. The molecule has 1 aromatic rings. The van der Waals surface area contributed by atoms with Crippen LogP contribution < -0.4 is 5.32 Å². The molecule has 4 nitrogen and oxygen atoms in total. The number of rotatable bonds is 4. The molecule has 0 bridgehead atoms. The molecule has 0 spiro atoms. The molecule has 2 aliphatic heterocycles. The van der Waals surface area contributed by atoms with Gasteiger partial charge in [-0.15, -0.1) is 11.8 Å². The maximum atomic E-state index is 12.7. The van der Waals surface area contributed by atoms with Gasteiger partial charge in [0, 0.05) is 34.9 Å². The summed E-state index contributed by atoms with van der Waals surface area (Å²) >= 11 is 7.84. The molecule has 1 amide bonds. The van der Waals surface area contributed by atoms with E-state index >= 15 is 0 Å². The summed E-state index contributed by atoms with van der Waals surface area (Å²) < 4.78 is 2.28. The van der Waals surface area contributed by atoms with Crippen LogP contribution in [0.4, 0.5) is 0 Å². The summed E-state index contributed by atoms with van der Waals surface area (Å²) in [6.07, 6.45) is 9.94. The van der Waals surface area contributed by atoms with Crippen LogP contribution in [0.1, 0.15) is 42.1 Å². The number of benzene rings is 1. The third-order valence-electron chi connectivity index (χ3n) is 5.32. The molecule has 6 heteroatoms. The number of carbonyl (C=O) groups excluding carboxylic acids is 1. The fourth-order valence-electron chi connectivity index (χ4n) is 3.85. The summed E-state index contributed by atoms with van der Waals surface area (Å²) in [5.41, 5.74) is 1.74.